The highest BCUT2D eigenvalue weighted by Crippen LogP contribution is 2.36. The summed E-state index contributed by atoms with van der Waals surface area (Å²) in [6.45, 7) is -0.778. The maximum absolute atomic E-state index is 13.1. The highest BCUT2D eigenvalue weighted by atomic mass is 35.5. The number of primary amides is 1. The maximum Gasteiger partial charge on any atom is 0.271 e. The van der Waals surface area contributed by atoms with Gasteiger partial charge in [-0.15, -0.1) is 0 Å². The largest absolute Gasteiger partial charge is 0.495 e. The Morgan fingerprint density at radius 2 is 1.89 bits per heavy atom. The van der Waals surface area contributed by atoms with Crippen molar-refractivity contribution in [3.05, 3.63) is 56.6 Å². The summed E-state index contributed by atoms with van der Waals surface area (Å²) in [5.74, 6) is -0.988. The van der Waals surface area contributed by atoms with Gasteiger partial charge in [0.05, 0.1) is 27.0 Å². The molecule has 2 aromatic carbocycles. The summed E-state index contributed by atoms with van der Waals surface area (Å²) in [6, 6.07) is 6.86. The lowest BCUT2D eigenvalue weighted by Crippen LogP contribution is -2.38. The van der Waals surface area contributed by atoms with Crippen LogP contribution in [0, 0.1) is 10.1 Å². The van der Waals surface area contributed by atoms with Crippen LogP contribution < -0.4 is 14.8 Å². The zero-order valence-corrected chi connectivity index (χ0v) is 16.1. The SMILES string of the molecule is COc1ccc([N+](=O)[O-])cc1N(CC(N)=O)S(=O)(=O)c1ccc(Cl)c(Cl)c1. The molecule has 1 amide bonds. The fourth-order valence-electron chi connectivity index (χ4n) is 2.19. The fourth-order valence-corrected chi connectivity index (χ4v) is 4.02. The lowest BCUT2D eigenvalue weighted by Gasteiger charge is -2.24. The van der Waals surface area contributed by atoms with Crippen LogP contribution in [-0.2, 0) is 14.8 Å². The summed E-state index contributed by atoms with van der Waals surface area (Å²) >= 11 is 11.7. The van der Waals surface area contributed by atoms with Crippen LogP contribution >= 0.6 is 23.2 Å². The first kappa shape index (κ1) is 20.7. The number of nitrogens with zero attached hydrogens (tertiary/aromatic N) is 2. The number of halogens is 2. The Bertz CT molecular complexity index is 1010. The van der Waals surface area contributed by atoms with E-state index in [0.717, 1.165) is 18.2 Å². The minimum absolute atomic E-state index is 0.00881. The number of nitro benzene ring substituents is 1. The number of ether oxygens (including phenoxy) is 1. The third kappa shape index (κ3) is 4.41. The molecule has 0 bridgehead atoms. The Labute approximate surface area is 164 Å². The molecule has 0 aliphatic carbocycles. The molecule has 2 N–H and O–H groups in total. The summed E-state index contributed by atoms with van der Waals surface area (Å²) in [7, 11) is -3.13. The van der Waals surface area contributed by atoms with Gasteiger partial charge in [0, 0.05) is 12.1 Å². The number of nitro groups is 1. The van der Waals surface area contributed by atoms with Gasteiger partial charge in [-0.2, -0.15) is 0 Å². The molecule has 2 rings (SSSR count). The van der Waals surface area contributed by atoms with Crippen LogP contribution in [0.4, 0.5) is 11.4 Å². The first-order valence-electron chi connectivity index (χ1n) is 7.16. The number of amides is 1. The van der Waals surface area contributed by atoms with Gasteiger partial charge in [-0.1, -0.05) is 23.2 Å². The van der Waals surface area contributed by atoms with E-state index in [1.54, 1.807) is 0 Å². The average Bonchev–Trinajstić information content (AvgIpc) is 2.61. The van der Waals surface area contributed by atoms with Crippen molar-refractivity contribution >= 4 is 50.5 Å². The molecule has 0 aromatic heterocycles. The van der Waals surface area contributed by atoms with E-state index in [1.165, 1.54) is 25.3 Å². The lowest BCUT2D eigenvalue weighted by atomic mass is 10.2. The van der Waals surface area contributed by atoms with Crippen LogP contribution in [0.3, 0.4) is 0 Å². The van der Waals surface area contributed by atoms with Gasteiger partial charge in [0.15, 0.2) is 0 Å². The second-order valence-electron chi connectivity index (χ2n) is 5.17. The summed E-state index contributed by atoms with van der Waals surface area (Å²) in [5, 5.41) is 11.2. The normalized spacial score (nSPS) is 11.1. The topological polar surface area (TPSA) is 133 Å². The highest BCUT2D eigenvalue weighted by Gasteiger charge is 2.30. The second-order valence-corrected chi connectivity index (χ2v) is 7.84. The Kier molecular flexibility index (Phi) is 6.14. The molecule has 0 fully saturated rings. The summed E-state index contributed by atoms with van der Waals surface area (Å²) in [6.07, 6.45) is 0. The van der Waals surface area contributed by atoms with Crippen molar-refractivity contribution < 1.29 is 22.9 Å². The van der Waals surface area contributed by atoms with Crippen molar-refractivity contribution in [1.82, 2.24) is 0 Å². The average molecular weight is 434 g/mol. The van der Waals surface area contributed by atoms with E-state index in [0.29, 0.717) is 4.31 Å². The quantitative estimate of drug-likeness (QED) is 0.526. The molecule has 0 aliphatic rings. The molecule has 0 atom stereocenters. The molecular weight excluding hydrogens is 421 g/mol. The highest BCUT2D eigenvalue weighted by molar-refractivity contribution is 7.92. The van der Waals surface area contributed by atoms with Crippen LogP contribution in [-0.4, -0.2) is 32.9 Å². The van der Waals surface area contributed by atoms with Crippen LogP contribution in [0.1, 0.15) is 0 Å². The van der Waals surface area contributed by atoms with Crippen molar-refractivity contribution in [2.75, 3.05) is 18.0 Å². The zero-order chi connectivity index (χ0) is 20.4. The van der Waals surface area contributed by atoms with Crippen molar-refractivity contribution in [2.24, 2.45) is 5.73 Å². The number of hydrogen-bond donors (Lipinski definition) is 1. The van der Waals surface area contributed by atoms with Crippen LogP contribution in [0.15, 0.2) is 41.3 Å². The van der Waals surface area contributed by atoms with E-state index >= 15 is 0 Å². The van der Waals surface area contributed by atoms with Gasteiger partial charge in [-0.25, -0.2) is 8.42 Å². The van der Waals surface area contributed by atoms with Crippen LogP contribution in [0.5, 0.6) is 5.75 Å². The molecule has 0 aliphatic heterocycles. The molecule has 0 heterocycles. The Morgan fingerprint density at radius 3 is 2.41 bits per heavy atom. The number of nitrogens with two attached hydrogens (primary N) is 1. The molecule has 0 saturated carbocycles. The third-order valence-electron chi connectivity index (χ3n) is 3.42. The van der Waals surface area contributed by atoms with Crippen LogP contribution in [0.25, 0.3) is 0 Å². The van der Waals surface area contributed by atoms with E-state index in [9.17, 15) is 23.3 Å². The number of anilines is 1. The molecule has 12 heteroatoms. The number of benzene rings is 2. The van der Waals surface area contributed by atoms with Crippen molar-refractivity contribution in [3.8, 4) is 5.75 Å². The predicted molar refractivity (Wildman–Crippen MR) is 99.8 cm³/mol. The maximum atomic E-state index is 13.1. The van der Waals surface area contributed by atoms with Crippen molar-refractivity contribution in [3.63, 3.8) is 0 Å². The molecule has 0 radical (unpaired) electrons. The Morgan fingerprint density at radius 1 is 1.22 bits per heavy atom. The van der Waals surface area contributed by atoms with E-state index in [4.69, 9.17) is 33.7 Å². The van der Waals surface area contributed by atoms with Gasteiger partial charge in [0.2, 0.25) is 5.91 Å². The zero-order valence-electron chi connectivity index (χ0n) is 13.8. The number of sulfonamides is 1. The smallest absolute Gasteiger partial charge is 0.271 e. The minimum atomic E-state index is -4.38. The number of methoxy groups -OCH3 is 1. The van der Waals surface area contributed by atoms with Gasteiger partial charge in [0.25, 0.3) is 15.7 Å². The number of rotatable bonds is 7. The number of hydrogen-bond acceptors (Lipinski definition) is 6. The minimum Gasteiger partial charge on any atom is -0.495 e. The van der Waals surface area contributed by atoms with E-state index in [2.05, 4.69) is 0 Å². The monoisotopic (exact) mass is 433 g/mol. The molecule has 27 heavy (non-hydrogen) atoms. The molecule has 9 nitrogen and oxygen atoms in total. The third-order valence-corrected chi connectivity index (χ3v) is 5.92. The van der Waals surface area contributed by atoms with Crippen molar-refractivity contribution in [1.29, 1.82) is 0 Å². The van der Waals surface area contributed by atoms with E-state index < -0.39 is 33.1 Å². The predicted octanol–water partition coefficient (Wildman–Crippen LogP) is 2.59. The van der Waals surface area contributed by atoms with Crippen LogP contribution in [0.2, 0.25) is 10.0 Å². The van der Waals surface area contributed by atoms with Gasteiger partial charge >= 0.3 is 0 Å². The molecule has 0 spiro atoms. The number of non-ortho nitro benzene ring substituents is 1. The fraction of sp³-hybridized carbons (Fsp3) is 0.133. The van der Waals surface area contributed by atoms with Gasteiger partial charge < -0.3 is 10.5 Å². The Hall–Kier alpha value is -2.56. The van der Waals surface area contributed by atoms with Gasteiger partial charge in [-0.05, 0) is 24.3 Å². The first-order chi connectivity index (χ1) is 12.6. The molecule has 144 valence electrons. The lowest BCUT2D eigenvalue weighted by molar-refractivity contribution is -0.384. The number of carbonyl (C=O) groups excluding carboxylic acids is 1. The second kappa shape index (κ2) is 7.99. The first-order valence-corrected chi connectivity index (χ1v) is 9.36. The van der Waals surface area contributed by atoms with Crippen molar-refractivity contribution in [2.45, 2.75) is 4.90 Å². The summed E-state index contributed by atoms with van der Waals surface area (Å²) in [5.41, 5.74) is 4.56. The van der Waals surface area contributed by atoms with Gasteiger partial charge in [0.1, 0.15) is 18.0 Å². The molecule has 0 saturated heterocycles. The molecule has 0 unspecified atom stereocenters. The summed E-state index contributed by atoms with van der Waals surface area (Å²) < 4.78 is 31.8. The standard InChI is InChI=1S/C15H13Cl2N3O6S/c1-26-14-5-2-9(20(22)23)6-13(14)19(8-15(18)21)27(24,25)10-3-4-11(16)12(17)7-10/h2-7H,8H2,1H3,(H2,18,21). The van der Waals surface area contributed by atoms with E-state index in [1.807, 2.05) is 0 Å². The molecule has 2 aromatic rings. The molecular formula is C15H13Cl2N3O6S. The van der Waals surface area contributed by atoms with E-state index in [-0.39, 0.29) is 26.4 Å². The number of carbonyl (C=O) groups is 1. The van der Waals surface area contributed by atoms with Gasteiger partial charge in [-0.3, -0.25) is 19.2 Å². The Balaban J connectivity index is 2.71. The summed E-state index contributed by atoms with van der Waals surface area (Å²) in [4.78, 5) is 21.6.